The van der Waals surface area contributed by atoms with Gasteiger partial charge in [0, 0.05) is 18.2 Å². The van der Waals surface area contributed by atoms with Crippen molar-refractivity contribution in [3.8, 4) is 17.2 Å². The molecule has 0 radical (unpaired) electrons. The zero-order valence-corrected chi connectivity index (χ0v) is 18.8. The van der Waals surface area contributed by atoms with Crippen molar-refractivity contribution in [1.29, 1.82) is 0 Å². The lowest BCUT2D eigenvalue weighted by Crippen LogP contribution is -2.36. The predicted molar refractivity (Wildman–Crippen MR) is 117 cm³/mol. The Balaban J connectivity index is 1.80. The van der Waals surface area contributed by atoms with Crippen LogP contribution in [-0.2, 0) is 6.42 Å². The molecule has 5 nitrogen and oxygen atoms in total. The minimum Gasteiger partial charge on any atom is -0.497 e. The van der Waals surface area contributed by atoms with Crippen LogP contribution in [0.4, 0.5) is 0 Å². The van der Waals surface area contributed by atoms with E-state index < -0.39 is 0 Å². The number of carbonyl (C=O) groups excluding carboxylic acids is 1. The lowest BCUT2D eigenvalue weighted by molar-refractivity contribution is 0.0736. The lowest BCUT2D eigenvalue weighted by atomic mass is 10.0. The van der Waals surface area contributed by atoms with Gasteiger partial charge in [0.1, 0.15) is 5.75 Å². The second kappa shape index (κ2) is 10.0. The van der Waals surface area contributed by atoms with Gasteiger partial charge in [0.25, 0.3) is 5.91 Å². The minimum absolute atomic E-state index is 0.0245. The first-order valence-electron chi connectivity index (χ1n) is 10.0. The fourth-order valence-corrected chi connectivity index (χ4v) is 4.30. The minimum atomic E-state index is 0.0245. The van der Waals surface area contributed by atoms with Crippen LogP contribution in [0.1, 0.15) is 42.1 Å². The van der Waals surface area contributed by atoms with Gasteiger partial charge in [-0.2, -0.15) is 0 Å². The van der Waals surface area contributed by atoms with E-state index in [0.29, 0.717) is 23.7 Å². The lowest BCUT2D eigenvalue weighted by Gasteiger charge is -2.25. The van der Waals surface area contributed by atoms with Gasteiger partial charge in [-0.15, -0.1) is 0 Å². The topological polar surface area (TPSA) is 48.0 Å². The third-order valence-electron chi connectivity index (χ3n) is 5.17. The number of amides is 1. The number of rotatable bonds is 8. The molecule has 1 atom stereocenters. The molecule has 2 aromatic carbocycles. The van der Waals surface area contributed by atoms with Gasteiger partial charge in [0.15, 0.2) is 11.5 Å². The highest BCUT2D eigenvalue weighted by Gasteiger charge is 2.30. The SMILES string of the molecule is CCCOc1c(Br)cc(C(=O)N2CCCC2Cc2cccc(OC)c2)cc1OC. The fraction of sp³-hybridized carbons (Fsp3) is 0.435. The Bertz CT molecular complexity index is 855. The summed E-state index contributed by atoms with van der Waals surface area (Å²) in [4.78, 5) is 15.3. The number of hydrogen-bond donors (Lipinski definition) is 0. The first-order valence-corrected chi connectivity index (χ1v) is 10.8. The molecule has 1 unspecified atom stereocenters. The molecule has 1 aliphatic rings. The van der Waals surface area contributed by atoms with Crippen LogP contribution >= 0.6 is 15.9 Å². The smallest absolute Gasteiger partial charge is 0.254 e. The summed E-state index contributed by atoms with van der Waals surface area (Å²) in [7, 11) is 3.26. The van der Waals surface area contributed by atoms with Crippen molar-refractivity contribution in [2.45, 2.75) is 38.6 Å². The first-order chi connectivity index (χ1) is 14.1. The van der Waals surface area contributed by atoms with E-state index in [0.717, 1.165) is 42.5 Å². The standard InChI is InChI=1S/C23H28BrNO4/c1-4-11-29-22-20(24)14-17(15-21(22)28-3)23(26)25-10-6-8-18(25)12-16-7-5-9-19(13-16)27-2/h5,7,9,13-15,18H,4,6,8,10-12H2,1-3H3. The first kappa shape index (κ1) is 21.5. The van der Waals surface area contributed by atoms with E-state index in [1.165, 1.54) is 5.56 Å². The molecule has 1 fully saturated rings. The van der Waals surface area contributed by atoms with Crippen molar-refractivity contribution in [3.05, 3.63) is 52.0 Å². The molecule has 0 N–H and O–H groups in total. The second-order valence-electron chi connectivity index (χ2n) is 7.19. The van der Waals surface area contributed by atoms with Gasteiger partial charge in [-0.25, -0.2) is 0 Å². The molecule has 0 spiro atoms. The molecule has 0 aromatic heterocycles. The number of methoxy groups -OCH3 is 2. The summed E-state index contributed by atoms with van der Waals surface area (Å²) in [6, 6.07) is 11.8. The van der Waals surface area contributed by atoms with E-state index in [4.69, 9.17) is 14.2 Å². The van der Waals surface area contributed by atoms with Crippen LogP contribution in [0.2, 0.25) is 0 Å². The molecule has 6 heteroatoms. The van der Waals surface area contributed by atoms with E-state index in [1.807, 2.05) is 36.1 Å². The van der Waals surface area contributed by atoms with Gasteiger partial charge in [0.2, 0.25) is 0 Å². The zero-order chi connectivity index (χ0) is 20.8. The number of hydrogen-bond acceptors (Lipinski definition) is 4. The summed E-state index contributed by atoms with van der Waals surface area (Å²) in [5.74, 6) is 2.08. The number of carbonyl (C=O) groups is 1. The average Bonchev–Trinajstić information content (AvgIpc) is 3.19. The number of halogens is 1. The quantitative estimate of drug-likeness (QED) is 0.548. The fourth-order valence-electron chi connectivity index (χ4n) is 3.74. The molecule has 156 valence electrons. The van der Waals surface area contributed by atoms with Crippen LogP contribution in [0.25, 0.3) is 0 Å². The maximum absolute atomic E-state index is 13.3. The summed E-state index contributed by atoms with van der Waals surface area (Å²) in [5, 5.41) is 0. The maximum Gasteiger partial charge on any atom is 0.254 e. The van der Waals surface area contributed by atoms with E-state index in [-0.39, 0.29) is 11.9 Å². The molecule has 0 bridgehead atoms. The third kappa shape index (κ3) is 5.04. The zero-order valence-electron chi connectivity index (χ0n) is 17.2. The summed E-state index contributed by atoms with van der Waals surface area (Å²) < 4.78 is 17.3. The Morgan fingerprint density at radius 2 is 2.03 bits per heavy atom. The molecular weight excluding hydrogens is 434 g/mol. The van der Waals surface area contributed by atoms with Crippen molar-refractivity contribution in [2.75, 3.05) is 27.4 Å². The largest absolute Gasteiger partial charge is 0.497 e. The highest BCUT2D eigenvalue weighted by Crippen LogP contribution is 2.37. The number of nitrogens with zero attached hydrogens (tertiary/aromatic N) is 1. The normalized spacial score (nSPS) is 16.0. The van der Waals surface area contributed by atoms with Crippen LogP contribution in [0.5, 0.6) is 17.2 Å². The Hall–Kier alpha value is -2.21. The molecule has 1 heterocycles. The summed E-state index contributed by atoms with van der Waals surface area (Å²) in [6.07, 6.45) is 3.73. The Labute approximate surface area is 181 Å². The number of benzene rings is 2. The number of likely N-dealkylation sites (tertiary alicyclic amines) is 1. The Kier molecular flexibility index (Phi) is 7.42. The van der Waals surface area contributed by atoms with Gasteiger partial charge in [-0.3, -0.25) is 4.79 Å². The highest BCUT2D eigenvalue weighted by molar-refractivity contribution is 9.10. The summed E-state index contributed by atoms with van der Waals surface area (Å²) in [6.45, 7) is 3.41. The van der Waals surface area contributed by atoms with Crippen molar-refractivity contribution in [2.24, 2.45) is 0 Å². The Morgan fingerprint density at radius 1 is 1.21 bits per heavy atom. The van der Waals surface area contributed by atoms with Gasteiger partial charge in [-0.05, 0) is 71.4 Å². The Morgan fingerprint density at radius 3 is 2.76 bits per heavy atom. The monoisotopic (exact) mass is 461 g/mol. The van der Waals surface area contributed by atoms with E-state index in [2.05, 4.69) is 22.0 Å². The van der Waals surface area contributed by atoms with Crippen molar-refractivity contribution in [3.63, 3.8) is 0 Å². The van der Waals surface area contributed by atoms with Crippen molar-refractivity contribution < 1.29 is 19.0 Å². The van der Waals surface area contributed by atoms with Crippen LogP contribution in [0.15, 0.2) is 40.9 Å². The van der Waals surface area contributed by atoms with E-state index >= 15 is 0 Å². The van der Waals surface area contributed by atoms with Crippen LogP contribution in [-0.4, -0.2) is 44.2 Å². The van der Waals surface area contributed by atoms with Gasteiger partial charge in [0.05, 0.1) is 25.3 Å². The molecule has 0 aliphatic carbocycles. The molecule has 1 saturated heterocycles. The summed E-state index contributed by atoms with van der Waals surface area (Å²) in [5.41, 5.74) is 1.78. The maximum atomic E-state index is 13.3. The molecular formula is C23H28BrNO4. The van der Waals surface area contributed by atoms with Gasteiger partial charge in [-0.1, -0.05) is 19.1 Å². The molecule has 29 heavy (non-hydrogen) atoms. The predicted octanol–water partition coefficient (Wildman–Crippen LogP) is 5.10. The average molecular weight is 462 g/mol. The van der Waals surface area contributed by atoms with E-state index in [9.17, 15) is 4.79 Å². The summed E-state index contributed by atoms with van der Waals surface area (Å²) >= 11 is 3.54. The molecule has 2 aromatic rings. The third-order valence-corrected chi connectivity index (χ3v) is 5.76. The van der Waals surface area contributed by atoms with Crippen molar-refractivity contribution >= 4 is 21.8 Å². The van der Waals surface area contributed by atoms with Gasteiger partial charge >= 0.3 is 0 Å². The molecule has 3 rings (SSSR count). The van der Waals surface area contributed by atoms with Crippen molar-refractivity contribution in [1.82, 2.24) is 4.90 Å². The molecule has 0 saturated carbocycles. The second-order valence-corrected chi connectivity index (χ2v) is 8.04. The van der Waals surface area contributed by atoms with Gasteiger partial charge < -0.3 is 19.1 Å². The molecule has 1 aliphatic heterocycles. The van der Waals surface area contributed by atoms with Crippen LogP contribution in [0, 0.1) is 0 Å². The van der Waals surface area contributed by atoms with Crippen LogP contribution < -0.4 is 14.2 Å². The van der Waals surface area contributed by atoms with E-state index in [1.54, 1.807) is 20.3 Å². The van der Waals surface area contributed by atoms with Crippen LogP contribution in [0.3, 0.4) is 0 Å². The molecule has 1 amide bonds. The highest BCUT2D eigenvalue weighted by atomic mass is 79.9. The number of ether oxygens (including phenoxy) is 3.